The molecule has 0 bridgehead atoms. The van der Waals surface area contributed by atoms with Crippen LogP contribution in [0.1, 0.15) is 29.7 Å². The number of aromatic hydroxyl groups is 1. The number of benzene rings is 2. The molecule has 5 heteroatoms. The third-order valence-corrected chi connectivity index (χ3v) is 3.44. The fourth-order valence-electron chi connectivity index (χ4n) is 2.42. The van der Waals surface area contributed by atoms with Crippen LogP contribution in [0.2, 0.25) is 0 Å². The van der Waals surface area contributed by atoms with Crippen LogP contribution >= 0.6 is 0 Å². The van der Waals surface area contributed by atoms with Gasteiger partial charge in [0.2, 0.25) is 0 Å². The summed E-state index contributed by atoms with van der Waals surface area (Å²) in [6, 6.07) is 10.2. The molecule has 0 aliphatic rings. The first-order valence-electron chi connectivity index (χ1n) is 6.69. The van der Waals surface area contributed by atoms with Gasteiger partial charge in [-0.05, 0) is 44.0 Å². The van der Waals surface area contributed by atoms with Crippen LogP contribution in [0, 0.1) is 24.0 Å². The van der Waals surface area contributed by atoms with Gasteiger partial charge in [-0.1, -0.05) is 23.8 Å². The molecule has 2 aromatic rings. The van der Waals surface area contributed by atoms with E-state index in [0.29, 0.717) is 5.69 Å². The topological polar surface area (TPSA) is 75.4 Å². The van der Waals surface area contributed by atoms with Crippen molar-refractivity contribution in [3.8, 4) is 5.75 Å². The second-order valence-corrected chi connectivity index (χ2v) is 5.18. The summed E-state index contributed by atoms with van der Waals surface area (Å²) in [5, 5.41) is 23.6. The summed E-state index contributed by atoms with van der Waals surface area (Å²) in [4.78, 5) is 10.6. The molecular formula is C16H18N2O3. The van der Waals surface area contributed by atoms with Crippen LogP contribution in [-0.4, -0.2) is 10.0 Å². The van der Waals surface area contributed by atoms with E-state index >= 15 is 0 Å². The van der Waals surface area contributed by atoms with Crippen LogP contribution < -0.4 is 5.32 Å². The number of rotatable bonds is 4. The van der Waals surface area contributed by atoms with Gasteiger partial charge in [-0.25, -0.2) is 0 Å². The molecule has 5 nitrogen and oxygen atoms in total. The number of hydrogen-bond donors (Lipinski definition) is 2. The Hall–Kier alpha value is -2.56. The fourth-order valence-corrected chi connectivity index (χ4v) is 2.42. The first kappa shape index (κ1) is 14.8. The Kier molecular flexibility index (Phi) is 4.12. The molecule has 0 heterocycles. The van der Waals surface area contributed by atoms with Crippen LogP contribution in [-0.2, 0) is 0 Å². The minimum absolute atomic E-state index is 0.0751. The van der Waals surface area contributed by atoms with Gasteiger partial charge in [-0.3, -0.25) is 10.1 Å². The zero-order chi connectivity index (χ0) is 15.6. The van der Waals surface area contributed by atoms with Crippen LogP contribution in [0.4, 0.5) is 11.4 Å². The molecule has 1 unspecified atom stereocenters. The average Bonchev–Trinajstić information content (AvgIpc) is 2.40. The Morgan fingerprint density at radius 3 is 2.52 bits per heavy atom. The smallest absolute Gasteiger partial charge is 0.296 e. The highest BCUT2D eigenvalue weighted by atomic mass is 16.6. The van der Waals surface area contributed by atoms with E-state index in [0.717, 1.165) is 17.2 Å². The SMILES string of the molecule is Cc1ccc(C(C)Nc2ccc(O)cc2[N+](=O)[O-])c(C)c1. The maximum atomic E-state index is 11.1. The number of phenols is 1. The van der Waals surface area contributed by atoms with E-state index < -0.39 is 4.92 Å². The van der Waals surface area contributed by atoms with E-state index in [2.05, 4.69) is 11.4 Å². The predicted molar refractivity (Wildman–Crippen MR) is 82.7 cm³/mol. The van der Waals surface area contributed by atoms with E-state index in [1.54, 1.807) is 0 Å². The van der Waals surface area contributed by atoms with Gasteiger partial charge in [0.15, 0.2) is 0 Å². The Morgan fingerprint density at radius 1 is 1.19 bits per heavy atom. The normalized spacial score (nSPS) is 12.0. The molecular weight excluding hydrogens is 268 g/mol. The van der Waals surface area contributed by atoms with Gasteiger partial charge >= 0.3 is 0 Å². The third kappa shape index (κ3) is 3.31. The standard InChI is InChI=1S/C16H18N2O3/c1-10-4-6-14(11(2)8-10)12(3)17-15-7-5-13(19)9-16(15)18(20)21/h4-9,12,17,19H,1-3H3. The summed E-state index contributed by atoms with van der Waals surface area (Å²) in [5.74, 6) is -0.119. The van der Waals surface area contributed by atoms with Crippen LogP contribution in [0.5, 0.6) is 5.75 Å². The Morgan fingerprint density at radius 2 is 1.90 bits per heavy atom. The van der Waals surface area contributed by atoms with Crippen LogP contribution in [0.15, 0.2) is 36.4 Å². The summed E-state index contributed by atoms with van der Waals surface area (Å²) in [6.07, 6.45) is 0. The second-order valence-electron chi connectivity index (χ2n) is 5.18. The lowest BCUT2D eigenvalue weighted by molar-refractivity contribution is -0.384. The zero-order valence-electron chi connectivity index (χ0n) is 12.3. The molecule has 0 spiro atoms. The van der Waals surface area contributed by atoms with Gasteiger partial charge < -0.3 is 10.4 Å². The molecule has 1 atom stereocenters. The lowest BCUT2D eigenvalue weighted by Gasteiger charge is -2.18. The number of nitrogens with one attached hydrogen (secondary N) is 1. The van der Waals surface area contributed by atoms with Crippen molar-refractivity contribution in [3.63, 3.8) is 0 Å². The first-order valence-corrected chi connectivity index (χ1v) is 6.69. The maximum Gasteiger partial charge on any atom is 0.296 e. The van der Waals surface area contributed by atoms with Crippen molar-refractivity contribution < 1.29 is 10.0 Å². The van der Waals surface area contributed by atoms with Gasteiger partial charge in [-0.15, -0.1) is 0 Å². The maximum absolute atomic E-state index is 11.1. The summed E-state index contributed by atoms with van der Waals surface area (Å²) in [5.41, 5.74) is 3.66. The molecule has 0 radical (unpaired) electrons. The van der Waals surface area contributed by atoms with Gasteiger partial charge in [-0.2, -0.15) is 0 Å². The van der Waals surface area contributed by atoms with Gasteiger partial charge in [0.05, 0.1) is 11.0 Å². The lowest BCUT2D eigenvalue weighted by Crippen LogP contribution is -2.09. The summed E-state index contributed by atoms with van der Waals surface area (Å²) in [7, 11) is 0. The summed E-state index contributed by atoms with van der Waals surface area (Å²) >= 11 is 0. The molecule has 2 N–H and O–H groups in total. The fraction of sp³-hybridized carbons (Fsp3) is 0.250. The van der Waals surface area contributed by atoms with Gasteiger partial charge in [0.1, 0.15) is 11.4 Å². The number of aryl methyl sites for hydroxylation is 2. The predicted octanol–water partition coefficient (Wildman–Crippen LogP) is 4.09. The molecule has 0 aromatic heterocycles. The summed E-state index contributed by atoms with van der Waals surface area (Å²) < 4.78 is 0. The molecule has 0 aliphatic heterocycles. The van der Waals surface area contributed by atoms with Crippen molar-refractivity contribution in [3.05, 3.63) is 63.2 Å². The molecule has 0 aliphatic carbocycles. The van der Waals surface area contributed by atoms with E-state index in [-0.39, 0.29) is 17.5 Å². The van der Waals surface area contributed by atoms with Crippen molar-refractivity contribution >= 4 is 11.4 Å². The quantitative estimate of drug-likeness (QED) is 0.504. The highest BCUT2D eigenvalue weighted by Gasteiger charge is 2.17. The molecule has 2 aromatic carbocycles. The number of anilines is 1. The Balaban J connectivity index is 2.31. The Bertz CT molecular complexity index is 683. The second kappa shape index (κ2) is 5.83. The summed E-state index contributed by atoms with van der Waals surface area (Å²) in [6.45, 7) is 6.00. The Labute approximate surface area is 123 Å². The average molecular weight is 286 g/mol. The molecule has 0 amide bonds. The minimum Gasteiger partial charge on any atom is -0.508 e. The minimum atomic E-state index is -0.503. The molecule has 21 heavy (non-hydrogen) atoms. The van der Waals surface area contributed by atoms with Crippen molar-refractivity contribution in [2.45, 2.75) is 26.8 Å². The number of nitro benzene ring substituents is 1. The molecule has 0 saturated carbocycles. The molecule has 0 saturated heterocycles. The van der Waals surface area contributed by atoms with Gasteiger partial charge in [0, 0.05) is 6.04 Å². The largest absolute Gasteiger partial charge is 0.508 e. The first-order chi connectivity index (χ1) is 9.88. The van der Waals surface area contributed by atoms with E-state index in [1.807, 2.05) is 32.9 Å². The monoisotopic (exact) mass is 286 g/mol. The molecule has 0 fully saturated rings. The zero-order valence-corrected chi connectivity index (χ0v) is 12.3. The molecule has 110 valence electrons. The van der Waals surface area contributed by atoms with Crippen molar-refractivity contribution in [2.24, 2.45) is 0 Å². The van der Waals surface area contributed by atoms with Crippen molar-refractivity contribution in [2.75, 3.05) is 5.32 Å². The highest BCUT2D eigenvalue weighted by molar-refractivity contribution is 5.64. The van der Waals surface area contributed by atoms with Crippen molar-refractivity contribution in [1.82, 2.24) is 0 Å². The van der Waals surface area contributed by atoms with Gasteiger partial charge in [0.25, 0.3) is 5.69 Å². The lowest BCUT2D eigenvalue weighted by atomic mass is 10.00. The molecule has 2 rings (SSSR count). The third-order valence-electron chi connectivity index (χ3n) is 3.44. The highest BCUT2D eigenvalue weighted by Crippen LogP contribution is 2.32. The van der Waals surface area contributed by atoms with E-state index in [9.17, 15) is 15.2 Å². The van der Waals surface area contributed by atoms with Crippen LogP contribution in [0.3, 0.4) is 0 Å². The number of hydrogen-bond acceptors (Lipinski definition) is 4. The number of nitrogens with zero attached hydrogens (tertiary/aromatic N) is 1. The van der Waals surface area contributed by atoms with Crippen molar-refractivity contribution in [1.29, 1.82) is 0 Å². The van der Waals surface area contributed by atoms with E-state index in [1.165, 1.54) is 17.7 Å². The van der Waals surface area contributed by atoms with Crippen LogP contribution in [0.25, 0.3) is 0 Å². The number of phenolic OH excluding ortho intramolecular Hbond substituents is 1. The number of nitro groups is 1. The van der Waals surface area contributed by atoms with E-state index in [4.69, 9.17) is 0 Å².